The molecule has 0 saturated carbocycles. The average molecular weight is 455 g/mol. The van der Waals surface area contributed by atoms with Crippen molar-refractivity contribution in [3.8, 4) is 0 Å². The predicted molar refractivity (Wildman–Crippen MR) is 127 cm³/mol. The summed E-state index contributed by atoms with van der Waals surface area (Å²) in [6.45, 7) is 6.85. The molecule has 2 heterocycles. The number of nitrogens with zero attached hydrogens (tertiary/aromatic N) is 2. The summed E-state index contributed by atoms with van der Waals surface area (Å²) in [4.78, 5) is 41.7. The Hall–Kier alpha value is -3.13. The molecule has 2 N–H and O–H groups in total. The van der Waals surface area contributed by atoms with Crippen LogP contribution in [0, 0.1) is 11.3 Å². The molecule has 0 bridgehead atoms. The first kappa shape index (κ1) is 24.5. The molecule has 1 aromatic heterocycles. The van der Waals surface area contributed by atoms with Crippen LogP contribution in [0.15, 0.2) is 47.1 Å². The van der Waals surface area contributed by atoms with Gasteiger partial charge in [0, 0.05) is 43.3 Å². The van der Waals surface area contributed by atoms with Gasteiger partial charge in [-0.2, -0.15) is 0 Å². The second-order valence-electron chi connectivity index (χ2n) is 9.70. The molecule has 8 heteroatoms. The lowest BCUT2D eigenvalue weighted by molar-refractivity contribution is -0.126. The minimum Gasteiger partial charge on any atom is -0.459 e. The standard InChI is InChI=1S/C25H34N4O4/c1-25(2,17-28(3)4)16-26-22(30)18-10-12-29(13-11-18)24(32)19-7-5-8-20(15-19)27-23(31)21-9-6-14-33-21/h5-9,14-15,18H,10-13,16-17H2,1-4H3,(H,26,30)(H,27,31). The van der Waals surface area contributed by atoms with E-state index >= 15 is 0 Å². The number of nitrogens with one attached hydrogen (secondary N) is 2. The van der Waals surface area contributed by atoms with Crippen molar-refractivity contribution < 1.29 is 18.8 Å². The third kappa shape index (κ3) is 6.92. The van der Waals surface area contributed by atoms with Crippen LogP contribution < -0.4 is 10.6 Å². The number of amides is 3. The van der Waals surface area contributed by atoms with Gasteiger partial charge >= 0.3 is 0 Å². The van der Waals surface area contributed by atoms with E-state index < -0.39 is 0 Å². The Morgan fingerprint density at radius 1 is 1.12 bits per heavy atom. The molecule has 2 aromatic rings. The van der Waals surface area contributed by atoms with Gasteiger partial charge in [0.05, 0.1) is 6.26 Å². The van der Waals surface area contributed by atoms with E-state index in [1.807, 2.05) is 14.1 Å². The van der Waals surface area contributed by atoms with E-state index in [-0.39, 0.29) is 34.8 Å². The number of hydrogen-bond donors (Lipinski definition) is 2. The first-order valence-corrected chi connectivity index (χ1v) is 11.3. The Labute approximate surface area is 195 Å². The molecular formula is C25H34N4O4. The van der Waals surface area contributed by atoms with Crippen molar-refractivity contribution in [2.45, 2.75) is 26.7 Å². The van der Waals surface area contributed by atoms with Gasteiger partial charge in [0.25, 0.3) is 11.8 Å². The van der Waals surface area contributed by atoms with E-state index in [0.717, 1.165) is 6.54 Å². The fraction of sp³-hybridized carbons (Fsp3) is 0.480. The Morgan fingerprint density at radius 2 is 1.85 bits per heavy atom. The normalized spacial score (nSPS) is 14.9. The van der Waals surface area contributed by atoms with Gasteiger partial charge in [-0.1, -0.05) is 19.9 Å². The summed E-state index contributed by atoms with van der Waals surface area (Å²) >= 11 is 0. The minimum atomic E-state index is -0.370. The molecule has 3 amide bonds. The third-order valence-corrected chi connectivity index (χ3v) is 5.75. The van der Waals surface area contributed by atoms with Crippen LogP contribution in [0.1, 0.15) is 47.6 Å². The van der Waals surface area contributed by atoms with Crippen molar-refractivity contribution in [2.75, 3.05) is 45.6 Å². The molecule has 1 aliphatic heterocycles. The summed E-state index contributed by atoms with van der Waals surface area (Å²) in [7, 11) is 4.05. The monoisotopic (exact) mass is 454 g/mol. The number of furan rings is 1. The molecule has 1 aliphatic rings. The van der Waals surface area contributed by atoms with E-state index in [2.05, 4.69) is 29.4 Å². The molecule has 1 saturated heterocycles. The quantitative estimate of drug-likeness (QED) is 0.639. The number of benzene rings is 1. The Balaban J connectivity index is 1.51. The van der Waals surface area contributed by atoms with Gasteiger partial charge in [0.15, 0.2) is 5.76 Å². The van der Waals surface area contributed by atoms with Crippen molar-refractivity contribution in [3.05, 3.63) is 54.0 Å². The molecule has 0 atom stereocenters. The van der Waals surface area contributed by atoms with E-state index in [0.29, 0.717) is 43.7 Å². The zero-order chi connectivity index (χ0) is 24.0. The zero-order valence-corrected chi connectivity index (χ0v) is 19.9. The van der Waals surface area contributed by atoms with Crippen molar-refractivity contribution in [2.24, 2.45) is 11.3 Å². The second kappa shape index (κ2) is 10.7. The van der Waals surface area contributed by atoms with Crippen LogP contribution in [-0.2, 0) is 4.79 Å². The third-order valence-electron chi connectivity index (χ3n) is 5.75. The lowest BCUT2D eigenvalue weighted by Crippen LogP contribution is -2.46. The molecule has 1 fully saturated rings. The molecule has 1 aromatic carbocycles. The van der Waals surface area contributed by atoms with E-state index in [1.165, 1.54) is 6.26 Å². The summed E-state index contributed by atoms with van der Waals surface area (Å²) < 4.78 is 5.10. The van der Waals surface area contributed by atoms with Gasteiger partial charge in [-0.05, 0) is 62.7 Å². The molecule has 0 radical (unpaired) electrons. The largest absolute Gasteiger partial charge is 0.459 e. The van der Waals surface area contributed by atoms with Crippen LogP contribution in [0.2, 0.25) is 0 Å². The highest BCUT2D eigenvalue weighted by Crippen LogP contribution is 2.22. The van der Waals surface area contributed by atoms with Gasteiger partial charge in [0.2, 0.25) is 5.91 Å². The van der Waals surface area contributed by atoms with Crippen molar-refractivity contribution >= 4 is 23.4 Å². The summed E-state index contributed by atoms with van der Waals surface area (Å²) in [6.07, 6.45) is 2.71. The highest BCUT2D eigenvalue weighted by atomic mass is 16.3. The Morgan fingerprint density at radius 3 is 2.48 bits per heavy atom. The molecule has 0 unspecified atom stereocenters. The molecule has 178 valence electrons. The highest BCUT2D eigenvalue weighted by Gasteiger charge is 2.29. The second-order valence-corrected chi connectivity index (χ2v) is 9.70. The summed E-state index contributed by atoms with van der Waals surface area (Å²) in [6, 6.07) is 10.1. The Bertz CT molecular complexity index is 961. The first-order chi connectivity index (χ1) is 15.6. The van der Waals surface area contributed by atoms with Crippen LogP contribution in [0.5, 0.6) is 0 Å². The fourth-order valence-electron chi connectivity index (χ4n) is 4.24. The van der Waals surface area contributed by atoms with Crippen molar-refractivity contribution in [1.82, 2.24) is 15.1 Å². The van der Waals surface area contributed by atoms with Crippen LogP contribution in [0.25, 0.3) is 0 Å². The molecule has 8 nitrogen and oxygen atoms in total. The van der Waals surface area contributed by atoms with E-state index in [1.54, 1.807) is 41.3 Å². The fourth-order valence-corrected chi connectivity index (χ4v) is 4.24. The lowest BCUT2D eigenvalue weighted by atomic mass is 9.91. The summed E-state index contributed by atoms with van der Waals surface area (Å²) in [5, 5.41) is 5.84. The van der Waals surface area contributed by atoms with Gasteiger partial charge in [-0.3, -0.25) is 14.4 Å². The average Bonchev–Trinajstić information content (AvgIpc) is 3.32. The van der Waals surface area contributed by atoms with Crippen LogP contribution in [0.3, 0.4) is 0 Å². The maximum absolute atomic E-state index is 13.0. The van der Waals surface area contributed by atoms with Crippen LogP contribution in [0.4, 0.5) is 5.69 Å². The maximum Gasteiger partial charge on any atom is 0.291 e. The topological polar surface area (TPSA) is 94.9 Å². The SMILES string of the molecule is CN(C)CC(C)(C)CNC(=O)C1CCN(C(=O)c2cccc(NC(=O)c3ccco3)c2)CC1. The number of piperidine rings is 1. The number of rotatable bonds is 8. The maximum atomic E-state index is 13.0. The zero-order valence-electron chi connectivity index (χ0n) is 19.9. The van der Waals surface area contributed by atoms with E-state index in [9.17, 15) is 14.4 Å². The molecule has 0 spiro atoms. The van der Waals surface area contributed by atoms with Gasteiger partial charge in [-0.15, -0.1) is 0 Å². The van der Waals surface area contributed by atoms with Gasteiger partial charge in [-0.25, -0.2) is 0 Å². The number of hydrogen-bond acceptors (Lipinski definition) is 5. The number of anilines is 1. The summed E-state index contributed by atoms with van der Waals surface area (Å²) in [5.74, 6) is -0.280. The molecule has 0 aliphatic carbocycles. The van der Waals surface area contributed by atoms with E-state index in [4.69, 9.17) is 4.42 Å². The molecular weight excluding hydrogens is 420 g/mol. The van der Waals surface area contributed by atoms with Gasteiger partial charge in [0.1, 0.15) is 0 Å². The highest BCUT2D eigenvalue weighted by molar-refractivity contribution is 6.03. The molecule has 3 rings (SSSR count). The minimum absolute atomic E-state index is 0.00674. The van der Waals surface area contributed by atoms with Crippen molar-refractivity contribution in [3.63, 3.8) is 0 Å². The van der Waals surface area contributed by atoms with Crippen molar-refractivity contribution in [1.29, 1.82) is 0 Å². The number of carbonyl (C=O) groups excluding carboxylic acids is 3. The van der Waals surface area contributed by atoms with Gasteiger partial charge < -0.3 is 24.9 Å². The van der Waals surface area contributed by atoms with Crippen LogP contribution >= 0.6 is 0 Å². The lowest BCUT2D eigenvalue weighted by Gasteiger charge is -2.33. The number of likely N-dealkylation sites (tertiary alicyclic amines) is 1. The molecule has 33 heavy (non-hydrogen) atoms. The predicted octanol–water partition coefficient (Wildman–Crippen LogP) is 3.09. The van der Waals surface area contributed by atoms with Crippen LogP contribution in [-0.4, -0.2) is 67.8 Å². The smallest absolute Gasteiger partial charge is 0.291 e. The summed E-state index contributed by atoms with van der Waals surface area (Å²) in [5.41, 5.74) is 1.02. The number of carbonyl (C=O) groups is 3. The first-order valence-electron chi connectivity index (χ1n) is 11.3. The Kier molecular flexibility index (Phi) is 7.92.